The first kappa shape index (κ1) is 29.4. The topological polar surface area (TPSA) is 38.7 Å². The maximum absolute atomic E-state index is 5.25. The van der Waals surface area contributed by atoms with Crippen LogP contribution in [0.4, 0.5) is 0 Å². The molecule has 2 heterocycles. The van der Waals surface area contributed by atoms with Crippen molar-refractivity contribution in [2.24, 2.45) is 0 Å². The number of rotatable bonds is 5. The molecule has 238 valence electrons. The maximum atomic E-state index is 5.25. The summed E-state index contributed by atoms with van der Waals surface area (Å²) in [6.07, 6.45) is 0. The molecule has 0 spiro atoms. The van der Waals surface area contributed by atoms with Gasteiger partial charge in [0, 0.05) is 42.2 Å². The van der Waals surface area contributed by atoms with Gasteiger partial charge >= 0.3 is 0 Å². The Morgan fingerprint density at radius 1 is 0.314 bits per heavy atom. The van der Waals surface area contributed by atoms with Gasteiger partial charge in [-0.1, -0.05) is 146 Å². The number of benzene rings is 8. The van der Waals surface area contributed by atoms with E-state index in [4.69, 9.17) is 15.0 Å². The average Bonchev–Trinajstić information content (AvgIpc) is 3.58. The zero-order valence-electron chi connectivity index (χ0n) is 27.5. The van der Waals surface area contributed by atoms with Gasteiger partial charge in [0.1, 0.15) is 0 Å². The van der Waals surface area contributed by atoms with Gasteiger partial charge in [-0.05, 0) is 68.7 Å². The van der Waals surface area contributed by atoms with Crippen molar-refractivity contribution >= 4 is 53.1 Å². The Hall–Kier alpha value is -6.49. The van der Waals surface area contributed by atoms with E-state index in [-0.39, 0.29) is 0 Å². The van der Waals surface area contributed by atoms with Crippen LogP contribution in [0.2, 0.25) is 0 Å². The smallest absolute Gasteiger partial charge is 0.164 e. The van der Waals surface area contributed by atoms with Crippen LogP contribution in [0.5, 0.6) is 0 Å². The predicted octanol–water partition coefficient (Wildman–Crippen LogP) is 12.9. The fourth-order valence-corrected chi connectivity index (χ4v) is 8.27. The van der Waals surface area contributed by atoms with E-state index >= 15 is 0 Å². The van der Waals surface area contributed by atoms with E-state index in [0.29, 0.717) is 17.5 Å². The molecule has 0 fully saturated rings. The second-order valence-corrected chi connectivity index (χ2v) is 13.9. The van der Waals surface area contributed by atoms with Crippen molar-refractivity contribution in [3.63, 3.8) is 0 Å². The Morgan fingerprint density at radius 2 is 0.902 bits per heavy atom. The van der Waals surface area contributed by atoms with E-state index in [9.17, 15) is 0 Å². The third kappa shape index (κ3) is 5.25. The van der Waals surface area contributed by atoms with Crippen molar-refractivity contribution in [1.82, 2.24) is 15.0 Å². The van der Waals surface area contributed by atoms with Gasteiger partial charge in [-0.2, -0.15) is 0 Å². The molecule has 0 radical (unpaired) electrons. The summed E-state index contributed by atoms with van der Waals surface area (Å²) in [7, 11) is 0. The number of hydrogen-bond acceptors (Lipinski definition) is 4. The summed E-state index contributed by atoms with van der Waals surface area (Å²) in [4.78, 5) is 15.6. The van der Waals surface area contributed by atoms with E-state index in [1.54, 1.807) is 0 Å². The van der Waals surface area contributed by atoms with Gasteiger partial charge in [0.15, 0.2) is 17.5 Å². The number of aromatic nitrogens is 3. The molecule has 8 aromatic carbocycles. The second-order valence-electron chi connectivity index (χ2n) is 12.8. The lowest BCUT2D eigenvalue weighted by molar-refractivity contribution is 1.08. The van der Waals surface area contributed by atoms with Crippen molar-refractivity contribution in [2.45, 2.75) is 0 Å². The number of nitrogens with zero attached hydrogens (tertiary/aromatic N) is 3. The van der Waals surface area contributed by atoms with E-state index in [1.165, 1.54) is 36.5 Å². The van der Waals surface area contributed by atoms with Crippen molar-refractivity contribution in [3.8, 4) is 56.4 Å². The highest BCUT2D eigenvalue weighted by Gasteiger charge is 2.18. The highest BCUT2D eigenvalue weighted by molar-refractivity contribution is 7.25. The number of thiophene rings is 1. The second kappa shape index (κ2) is 12.1. The Morgan fingerprint density at radius 3 is 1.75 bits per heavy atom. The van der Waals surface area contributed by atoms with Gasteiger partial charge in [-0.25, -0.2) is 15.0 Å². The summed E-state index contributed by atoms with van der Waals surface area (Å²) in [5.74, 6) is 1.95. The molecule has 0 aliphatic rings. The number of hydrogen-bond donors (Lipinski definition) is 0. The van der Waals surface area contributed by atoms with Gasteiger partial charge in [0.05, 0.1) is 0 Å². The number of fused-ring (bicyclic) bond motifs is 5. The molecule has 10 rings (SSSR count). The summed E-state index contributed by atoms with van der Waals surface area (Å²) >= 11 is 1.81. The van der Waals surface area contributed by atoms with Crippen LogP contribution in [-0.2, 0) is 0 Å². The SMILES string of the molecule is c1ccc(-c2ccc(-c3nc(-c4ccc5sc6ccccc6c5c4)nc(-c4cccc5cccc(-c6ccc7ccccc7c6)c45)n3)cc2)cc1. The summed E-state index contributed by atoms with van der Waals surface area (Å²) < 4.78 is 2.53. The van der Waals surface area contributed by atoms with Gasteiger partial charge in [0.25, 0.3) is 0 Å². The predicted molar refractivity (Wildman–Crippen MR) is 215 cm³/mol. The largest absolute Gasteiger partial charge is 0.208 e. The molecular formula is C47H29N3S. The minimum atomic E-state index is 0.644. The molecule has 3 nitrogen and oxygen atoms in total. The van der Waals surface area contributed by atoms with Crippen molar-refractivity contribution < 1.29 is 0 Å². The average molecular weight is 668 g/mol. The Labute approximate surface area is 299 Å². The molecule has 0 bridgehead atoms. The molecule has 0 amide bonds. The molecule has 51 heavy (non-hydrogen) atoms. The molecule has 0 N–H and O–H groups in total. The van der Waals surface area contributed by atoms with E-state index in [0.717, 1.165) is 44.2 Å². The van der Waals surface area contributed by atoms with E-state index in [2.05, 4.69) is 170 Å². The summed E-state index contributed by atoms with van der Waals surface area (Å²) in [5.41, 5.74) is 7.52. The normalized spacial score (nSPS) is 11.5. The molecule has 0 aliphatic carbocycles. The van der Waals surface area contributed by atoms with Gasteiger partial charge in [-0.3, -0.25) is 0 Å². The lowest BCUT2D eigenvalue weighted by Gasteiger charge is -2.14. The third-order valence-electron chi connectivity index (χ3n) is 9.73. The van der Waals surface area contributed by atoms with Crippen LogP contribution in [0.15, 0.2) is 176 Å². The third-order valence-corrected chi connectivity index (χ3v) is 10.9. The van der Waals surface area contributed by atoms with Crippen molar-refractivity contribution in [3.05, 3.63) is 176 Å². The van der Waals surface area contributed by atoms with E-state index < -0.39 is 0 Å². The summed E-state index contributed by atoms with van der Waals surface area (Å²) in [5, 5.41) is 7.16. The molecule has 2 aromatic heterocycles. The van der Waals surface area contributed by atoms with Gasteiger partial charge < -0.3 is 0 Å². The molecule has 10 aromatic rings. The zero-order valence-corrected chi connectivity index (χ0v) is 28.3. The van der Waals surface area contributed by atoms with Crippen LogP contribution < -0.4 is 0 Å². The molecular weight excluding hydrogens is 639 g/mol. The van der Waals surface area contributed by atoms with Gasteiger partial charge in [-0.15, -0.1) is 11.3 Å². The van der Waals surface area contributed by atoms with Crippen LogP contribution in [0.25, 0.3) is 98.1 Å². The van der Waals surface area contributed by atoms with Crippen molar-refractivity contribution in [1.29, 1.82) is 0 Å². The van der Waals surface area contributed by atoms with E-state index in [1.807, 2.05) is 17.4 Å². The fourth-order valence-electron chi connectivity index (χ4n) is 7.19. The zero-order chi connectivity index (χ0) is 33.7. The van der Waals surface area contributed by atoms with Crippen LogP contribution in [0.1, 0.15) is 0 Å². The molecule has 0 atom stereocenters. The summed E-state index contributed by atoms with van der Waals surface area (Å²) in [6, 6.07) is 62.3. The highest BCUT2D eigenvalue weighted by Crippen LogP contribution is 2.39. The minimum absolute atomic E-state index is 0.644. The fraction of sp³-hybridized carbons (Fsp3) is 0. The van der Waals surface area contributed by atoms with Crippen LogP contribution in [-0.4, -0.2) is 15.0 Å². The molecule has 0 saturated carbocycles. The highest BCUT2D eigenvalue weighted by atomic mass is 32.1. The van der Waals surface area contributed by atoms with Crippen LogP contribution >= 0.6 is 11.3 Å². The lowest BCUT2D eigenvalue weighted by Crippen LogP contribution is -2.01. The first-order valence-electron chi connectivity index (χ1n) is 17.1. The first-order valence-corrected chi connectivity index (χ1v) is 17.9. The minimum Gasteiger partial charge on any atom is -0.208 e. The Kier molecular flexibility index (Phi) is 7.00. The van der Waals surface area contributed by atoms with Gasteiger partial charge in [0.2, 0.25) is 0 Å². The van der Waals surface area contributed by atoms with Crippen molar-refractivity contribution in [2.75, 3.05) is 0 Å². The molecule has 0 aliphatic heterocycles. The quantitative estimate of drug-likeness (QED) is 0.183. The first-order chi connectivity index (χ1) is 25.2. The molecule has 4 heteroatoms. The summed E-state index contributed by atoms with van der Waals surface area (Å²) in [6.45, 7) is 0. The van der Waals surface area contributed by atoms with Crippen LogP contribution in [0.3, 0.4) is 0 Å². The monoisotopic (exact) mass is 667 g/mol. The Balaban J connectivity index is 1.19. The standard InChI is InChI=1S/C47H29N3S/c1-2-10-30(11-3-1)32-20-23-34(24-21-32)45-48-46(37-26-27-43-41(29-37)39-16-6-7-19-42(39)51-43)50-47(49-45)40-18-9-15-33-14-8-17-38(44(33)40)36-25-22-31-12-4-5-13-35(31)28-36/h1-29H. The molecule has 0 saturated heterocycles. The lowest BCUT2D eigenvalue weighted by atomic mass is 9.93. The van der Waals surface area contributed by atoms with Crippen LogP contribution in [0, 0.1) is 0 Å². The Bertz CT molecular complexity index is 2900. The molecule has 0 unspecified atom stereocenters. The maximum Gasteiger partial charge on any atom is 0.164 e.